The summed E-state index contributed by atoms with van der Waals surface area (Å²) in [5.41, 5.74) is 0. The van der Waals surface area contributed by atoms with Crippen molar-refractivity contribution in [3.8, 4) is 0 Å². The van der Waals surface area contributed by atoms with E-state index in [0.717, 1.165) is 25.2 Å². The normalized spacial score (nSPS) is 43.5. The summed E-state index contributed by atoms with van der Waals surface area (Å²) in [5.74, 6) is 0.638. The van der Waals surface area contributed by atoms with Crippen molar-refractivity contribution in [2.75, 3.05) is 0 Å². The van der Waals surface area contributed by atoms with Crippen LogP contribution in [0, 0.1) is 5.92 Å². The molecule has 0 spiro atoms. The second kappa shape index (κ2) is 3.17. The van der Waals surface area contributed by atoms with Gasteiger partial charge in [-0.1, -0.05) is 6.08 Å². The van der Waals surface area contributed by atoms with E-state index in [1.165, 1.54) is 6.42 Å². The zero-order valence-corrected chi connectivity index (χ0v) is 7.18. The fourth-order valence-corrected chi connectivity index (χ4v) is 2.35. The molecule has 2 aliphatic rings. The molecule has 1 saturated heterocycles. The Morgan fingerprint density at radius 1 is 1.27 bits per heavy atom. The van der Waals surface area contributed by atoms with Crippen LogP contribution in [-0.2, 0) is 8.37 Å². The zero-order valence-electron chi connectivity index (χ0n) is 6.36. The molecular weight excluding hydrogens is 160 g/mol. The highest BCUT2D eigenvalue weighted by atomic mass is 32.2. The topological polar surface area (TPSA) is 18.5 Å². The van der Waals surface area contributed by atoms with Crippen LogP contribution in [0.15, 0.2) is 12.7 Å². The van der Waals surface area contributed by atoms with E-state index in [2.05, 4.69) is 6.58 Å². The third kappa shape index (κ3) is 1.45. The second-order valence-electron chi connectivity index (χ2n) is 3.15. The first-order valence-corrected chi connectivity index (χ1v) is 4.68. The molecular formula is C8H12O2S. The quantitative estimate of drug-likeness (QED) is 0.446. The third-order valence-electron chi connectivity index (χ3n) is 2.43. The van der Waals surface area contributed by atoms with E-state index in [4.69, 9.17) is 8.37 Å². The average molecular weight is 172 g/mol. The Labute approximate surface area is 71.4 Å². The highest BCUT2D eigenvalue weighted by molar-refractivity contribution is 7.90. The number of allylic oxidation sites excluding steroid dienone is 1. The van der Waals surface area contributed by atoms with Crippen molar-refractivity contribution in [1.82, 2.24) is 0 Å². The van der Waals surface area contributed by atoms with E-state index in [0.29, 0.717) is 18.1 Å². The zero-order chi connectivity index (χ0) is 7.68. The molecule has 3 atom stereocenters. The summed E-state index contributed by atoms with van der Waals surface area (Å²) in [6.07, 6.45) is 6.10. The Hall–Kier alpha value is 0.01000. The Morgan fingerprint density at radius 3 is 2.91 bits per heavy atom. The van der Waals surface area contributed by atoms with E-state index in [9.17, 15) is 0 Å². The SMILES string of the molecule is C=CC1CCC2OSOC2C1. The van der Waals surface area contributed by atoms with Crippen molar-refractivity contribution in [3.05, 3.63) is 12.7 Å². The molecule has 0 aromatic rings. The minimum absolute atomic E-state index is 0.316. The molecule has 0 bridgehead atoms. The molecule has 0 aromatic carbocycles. The fraction of sp³-hybridized carbons (Fsp3) is 0.750. The van der Waals surface area contributed by atoms with Gasteiger partial charge in [0.15, 0.2) is 12.3 Å². The molecule has 2 rings (SSSR count). The van der Waals surface area contributed by atoms with E-state index in [1.54, 1.807) is 0 Å². The largest absolute Gasteiger partial charge is 0.285 e. The molecule has 3 unspecified atom stereocenters. The van der Waals surface area contributed by atoms with Gasteiger partial charge >= 0.3 is 0 Å². The van der Waals surface area contributed by atoms with Crippen molar-refractivity contribution in [1.29, 1.82) is 0 Å². The first-order chi connectivity index (χ1) is 5.40. The van der Waals surface area contributed by atoms with Gasteiger partial charge < -0.3 is 0 Å². The summed E-state index contributed by atoms with van der Waals surface area (Å²) in [4.78, 5) is 0. The molecule has 3 heteroatoms. The summed E-state index contributed by atoms with van der Waals surface area (Å²) in [6.45, 7) is 3.80. The molecule has 1 saturated carbocycles. The van der Waals surface area contributed by atoms with Gasteiger partial charge in [-0.25, -0.2) is 0 Å². The summed E-state index contributed by atoms with van der Waals surface area (Å²) in [7, 11) is 0. The molecule has 0 radical (unpaired) electrons. The lowest BCUT2D eigenvalue weighted by Crippen LogP contribution is -2.30. The van der Waals surface area contributed by atoms with E-state index in [1.807, 2.05) is 6.08 Å². The summed E-state index contributed by atoms with van der Waals surface area (Å²) < 4.78 is 10.6. The second-order valence-corrected chi connectivity index (χ2v) is 3.67. The molecule has 11 heavy (non-hydrogen) atoms. The summed E-state index contributed by atoms with van der Waals surface area (Å²) in [6, 6.07) is 0. The lowest BCUT2D eigenvalue weighted by Gasteiger charge is -2.26. The van der Waals surface area contributed by atoms with E-state index in [-0.39, 0.29) is 0 Å². The predicted octanol–water partition coefficient (Wildman–Crippen LogP) is 2.32. The molecule has 0 amide bonds. The summed E-state index contributed by atoms with van der Waals surface area (Å²) in [5, 5.41) is 0. The van der Waals surface area contributed by atoms with E-state index >= 15 is 0 Å². The number of hydrogen-bond acceptors (Lipinski definition) is 3. The first kappa shape index (κ1) is 7.65. The fourth-order valence-electron chi connectivity index (χ4n) is 1.68. The monoisotopic (exact) mass is 172 g/mol. The molecule has 2 nitrogen and oxygen atoms in total. The molecule has 1 aliphatic carbocycles. The van der Waals surface area contributed by atoms with Gasteiger partial charge in [-0.2, -0.15) is 0 Å². The van der Waals surface area contributed by atoms with Crippen molar-refractivity contribution in [2.45, 2.75) is 31.5 Å². The Morgan fingerprint density at radius 2 is 2.09 bits per heavy atom. The maximum Gasteiger partial charge on any atom is 0.159 e. The molecule has 1 heterocycles. The van der Waals surface area contributed by atoms with Crippen LogP contribution in [0.5, 0.6) is 0 Å². The van der Waals surface area contributed by atoms with E-state index < -0.39 is 0 Å². The van der Waals surface area contributed by atoms with Crippen LogP contribution in [0.3, 0.4) is 0 Å². The Balaban J connectivity index is 1.96. The molecule has 1 aliphatic heterocycles. The molecule has 62 valence electrons. The van der Waals surface area contributed by atoms with Gasteiger partial charge in [0.1, 0.15) is 12.2 Å². The predicted molar refractivity (Wildman–Crippen MR) is 44.9 cm³/mol. The number of fused-ring (bicyclic) bond motifs is 1. The van der Waals surface area contributed by atoms with Gasteiger partial charge in [-0.05, 0) is 25.2 Å². The van der Waals surface area contributed by atoms with Crippen molar-refractivity contribution in [3.63, 3.8) is 0 Å². The molecule has 2 fully saturated rings. The van der Waals surface area contributed by atoms with Gasteiger partial charge in [-0.15, -0.1) is 6.58 Å². The van der Waals surface area contributed by atoms with Gasteiger partial charge in [0.2, 0.25) is 0 Å². The third-order valence-corrected chi connectivity index (χ3v) is 3.08. The number of rotatable bonds is 1. The maximum atomic E-state index is 5.34. The average Bonchev–Trinajstić information content (AvgIpc) is 2.50. The molecule has 0 aromatic heterocycles. The van der Waals surface area contributed by atoms with Crippen LogP contribution >= 0.6 is 12.3 Å². The maximum absolute atomic E-state index is 5.34. The number of hydrogen-bond donors (Lipinski definition) is 0. The Kier molecular flexibility index (Phi) is 2.20. The van der Waals surface area contributed by atoms with Crippen LogP contribution in [0.1, 0.15) is 19.3 Å². The molecule has 0 N–H and O–H groups in total. The lowest BCUT2D eigenvalue weighted by molar-refractivity contribution is 0.0933. The van der Waals surface area contributed by atoms with Gasteiger partial charge in [0, 0.05) is 0 Å². The van der Waals surface area contributed by atoms with Crippen molar-refractivity contribution in [2.24, 2.45) is 5.92 Å². The first-order valence-electron chi connectivity index (χ1n) is 4.01. The highest BCUT2D eigenvalue weighted by Crippen LogP contribution is 2.38. The van der Waals surface area contributed by atoms with Gasteiger partial charge in [0.25, 0.3) is 0 Å². The van der Waals surface area contributed by atoms with Gasteiger partial charge in [-0.3, -0.25) is 8.37 Å². The Bertz CT molecular complexity index is 160. The standard InChI is InChI=1S/C8H12O2S/c1-2-6-3-4-7-8(5-6)10-11-9-7/h2,6-8H,1,3-5H2. The van der Waals surface area contributed by atoms with Crippen LogP contribution in [0.4, 0.5) is 0 Å². The lowest BCUT2D eigenvalue weighted by atomic mass is 9.86. The smallest absolute Gasteiger partial charge is 0.159 e. The van der Waals surface area contributed by atoms with Gasteiger partial charge in [0.05, 0.1) is 0 Å². The van der Waals surface area contributed by atoms with Crippen molar-refractivity contribution >= 4 is 12.3 Å². The van der Waals surface area contributed by atoms with Crippen LogP contribution < -0.4 is 0 Å². The van der Waals surface area contributed by atoms with Crippen LogP contribution in [0.25, 0.3) is 0 Å². The van der Waals surface area contributed by atoms with Crippen molar-refractivity contribution < 1.29 is 8.37 Å². The minimum Gasteiger partial charge on any atom is -0.285 e. The van der Waals surface area contributed by atoms with Crippen LogP contribution in [0.2, 0.25) is 0 Å². The highest BCUT2D eigenvalue weighted by Gasteiger charge is 2.36. The summed E-state index contributed by atoms with van der Waals surface area (Å²) >= 11 is 1.16. The minimum atomic E-state index is 0.316. The van der Waals surface area contributed by atoms with Crippen LogP contribution in [-0.4, -0.2) is 12.2 Å².